The molecule has 3 aromatic rings. The van der Waals surface area contributed by atoms with Crippen molar-refractivity contribution in [3.05, 3.63) is 59.6 Å². The van der Waals surface area contributed by atoms with Gasteiger partial charge in [-0.05, 0) is 73.4 Å². The van der Waals surface area contributed by atoms with Gasteiger partial charge in [0.25, 0.3) is 0 Å². The number of hydrogen-bond acceptors (Lipinski definition) is 4. The molecule has 1 N–H and O–H groups in total. The minimum Gasteiger partial charge on any atom is -0.490 e. The van der Waals surface area contributed by atoms with Crippen LogP contribution in [0.1, 0.15) is 26.2 Å². The first kappa shape index (κ1) is 20.2. The van der Waals surface area contributed by atoms with Crippen LogP contribution in [0, 0.1) is 29.5 Å². The summed E-state index contributed by atoms with van der Waals surface area (Å²) in [6.07, 6.45) is 5.92. The minimum absolute atomic E-state index is 0.0183. The average Bonchev–Trinajstić information content (AvgIpc) is 3.23. The maximum absolute atomic E-state index is 13.7. The Hall–Kier alpha value is -2.73. The molecule has 0 aliphatic heterocycles. The van der Waals surface area contributed by atoms with Gasteiger partial charge in [-0.3, -0.25) is 9.78 Å². The van der Waals surface area contributed by atoms with E-state index in [1.165, 1.54) is 18.3 Å². The molecule has 7 heteroatoms. The standard InChI is InChI=1S/C24H23ClFN3O2/c1-2-16(24(30)29-22-6-3-13(25)12-28-22)23-17-10-15(11-18(17)23)31-21-7-8-27-20-5-4-14(26)9-19(20)21/h3-9,12,15-18,23H,2,10-11H2,1H3,(H,28,29,30)/t15-,16?,17-,18+,23+. The van der Waals surface area contributed by atoms with Crippen LogP contribution < -0.4 is 10.1 Å². The molecule has 5 rings (SSSR count). The second-order valence-electron chi connectivity index (χ2n) is 8.45. The monoisotopic (exact) mass is 439 g/mol. The third-order valence-corrected chi connectivity index (χ3v) is 6.87. The van der Waals surface area contributed by atoms with Gasteiger partial charge >= 0.3 is 0 Å². The molecule has 0 spiro atoms. The average molecular weight is 440 g/mol. The number of rotatable bonds is 6. The molecular formula is C24H23ClFN3O2. The molecular weight excluding hydrogens is 417 g/mol. The topological polar surface area (TPSA) is 64.1 Å². The van der Waals surface area contributed by atoms with Crippen LogP contribution in [-0.4, -0.2) is 22.0 Å². The van der Waals surface area contributed by atoms with Gasteiger partial charge in [0.1, 0.15) is 17.4 Å². The van der Waals surface area contributed by atoms with Crippen LogP contribution in [0.15, 0.2) is 48.8 Å². The SMILES string of the molecule is CCC(C(=O)Nc1ccc(Cl)cn1)[C@H]1[C@@H]2C[C@@H](Oc3ccnc4ccc(F)cc34)C[C@@H]21. The summed E-state index contributed by atoms with van der Waals surface area (Å²) >= 11 is 5.87. The van der Waals surface area contributed by atoms with Crippen molar-refractivity contribution in [1.82, 2.24) is 9.97 Å². The van der Waals surface area contributed by atoms with Crippen LogP contribution in [0.25, 0.3) is 10.9 Å². The van der Waals surface area contributed by atoms with E-state index in [1.54, 1.807) is 30.5 Å². The lowest BCUT2D eigenvalue weighted by Gasteiger charge is -2.21. The second-order valence-corrected chi connectivity index (χ2v) is 8.89. The predicted octanol–water partition coefficient (Wildman–Crippen LogP) is 5.49. The number of aromatic nitrogens is 2. The van der Waals surface area contributed by atoms with Gasteiger partial charge in [0, 0.05) is 23.7 Å². The summed E-state index contributed by atoms with van der Waals surface area (Å²) in [5.74, 6) is 2.24. The highest BCUT2D eigenvalue weighted by molar-refractivity contribution is 6.30. The van der Waals surface area contributed by atoms with Gasteiger partial charge in [-0.2, -0.15) is 0 Å². The van der Waals surface area contributed by atoms with Crippen LogP contribution in [0.5, 0.6) is 5.75 Å². The Labute approximate surface area is 185 Å². The molecule has 160 valence electrons. The van der Waals surface area contributed by atoms with Crippen LogP contribution in [0.2, 0.25) is 5.02 Å². The Morgan fingerprint density at radius 3 is 2.74 bits per heavy atom. The Morgan fingerprint density at radius 2 is 2.03 bits per heavy atom. The van der Waals surface area contributed by atoms with E-state index in [0.717, 1.165) is 24.8 Å². The number of carbonyl (C=O) groups is 1. The van der Waals surface area contributed by atoms with E-state index in [2.05, 4.69) is 22.2 Å². The molecule has 2 aliphatic rings. The van der Waals surface area contributed by atoms with Crippen molar-refractivity contribution in [2.24, 2.45) is 23.7 Å². The van der Waals surface area contributed by atoms with Gasteiger partial charge in [-0.15, -0.1) is 0 Å². The minimum atomic E-state index is -0.299. The summed E-state index contributed by atoms with van der Waals surface area (Å²) in [6, 6.07) is 9.77. The molecule has 1 unspecified atom stereocenters. The third-order valence-electron chi connectivity index (χ3n) is 6.65. The molecule has 31 heavy (non-hydrogen) atoms. The number of fused-ring (bicyclic) bond motifs is 2. The van der Waals surface area contributed by atoms with Crippen molar-refractivity contribution in [3.8, 4) is 5.75 Å². The van der Waals surface area contributed by atoms with Crippen molar-refractivity contribution in [3.63, 3.8) is 0 Å². The van der Waals surface area contributed by atoms with Crippen LogP contribution in [0.3, 0.4) is 0 Å². The number of nitrogens with zero attached hydrogens (tertiary/aromatic N) is 2. The molecule has 2 saturated carbocycles. The number of benzene rings is 1. The van der Waals surface area contributed by atoms with Crippen molar-refractivity contribution in [2.45, 2.75) is 32.3 Å². The van der Waals surface area contributed by atoms with Gasteiger partial charge in [-0.25, -0.2) is 9.37 Å². The highest BCUT2D eigenvalue weighted by atomic mass is 35.5. The Morgan fingerprint density at radius 1 is 1.23 bits per heavy atom. The lowest BCUT2D eigenvalue weighted by Crippen LogP contribution is -2.27. The van der Waals surface area contributed by atoms with Gasteiger partial charge in [0.15, 0.2) is 0 Å². The number of amides is 1. The van der Waals surface area contributed by atoms with E-state index in [4.69, 9.17) is 16.3 Å². The Bertz CT molecular complexity index is 1110. The van der Waals surface area contributed by atoms with E-state index in [9.17, 15) is 9.18 Å². The molecule has 2 heterocycles. The molecule has 2 fully saturated rings. The number of anilines is 1. The summed E-state index contributed by atoms with van der Waals surface area (Å²) in [4.78, 5) is 21.3. The summed E-state index contributed by atoms with van der Waals surface area (Å²) in [7, 11) is 0. The molecule has 0 radical (unpaired) electrons. The van der Waals surface area contributed by atoms with Crippen LogP contribution >= 0.6 is 11.6 Å². The smallest absolute Gasteiger partial charge is 0.228 e. The summed E-state index contributed by atoms with van der Waals surface area (Å²) in [6.45, 7) is 2.05. The number of pyridine rings is 2. The number of nitrogens with one attached hydrogen (secondary N) is 1. The van der Waals surface area contributed by atoms with Crippen LogP contribution in [-0.2, 0) is 4.79 Å². The van der Waals surface area contributed by atoms with Crippen molar-refractivity contribution >= 4 is 34.2 Å². The first-order chi connectivity index (χ1) is 15.0. The summed E-state index contributed by atoms with van der Waals surface area (Å²) in [5, 5.41) is 4.16. The van der Waals surface area contributed by atoms with Crippen LogP contribution in [0.4, 0.5) is 10.2 Å². The molecule has 1 aromatic carbocycles. The Kier molecular flexibility index (Phi) is 5.26. The summed E-state index contributed by atoms with van der Waals surface area (Å²) < 4.78 is 19.9. The molecule has 5 atom stereocenters. The predicted molar refractivity (Wildman–Crippen MR) is 117 cm³/mol. The number of carbonyl (C=O) groups excluding carboxylic acids is 1. The zero-order valence-electron chi connectivity index (χ0n) is 17.1. The fraction of sp³-hybridized carbons (Fsp3) is 0.375. The third kappa shape index (κ3) is 3.97. The quantitative estimate of drug-likeness (QED) is 0.551. The summed E-state index contributed by atoms with van der Waals surface area (Å²) in [5.41, 5.74) is 0.721. The van der Waals surface area contributed by atoms with Gasteiger partial charge < -0.3 is 10.1 Å². The molecule has 5 nitrogen and oxygen atoms in total. The molecule has 2 aromatic heterocycles. The van der Waals surface area contributed by atoms with E-state index in [0.29, 0.717) is 39.7 Å². The van der Waals surface area contributed by atoms with E-state index >= 15 is 0 Å². The second kappa shape index (κ2) is 8.08. The largest absolute Gasteiger partial charge is 0.490 e. The number of hydrogen-bond donors (Lipinski definition) is 1. The fourth-order valence-electron chi connectivity index (χ4n) is 5.21. The van der Waals surface area contributed by atoms with Gasteiger partial charge in [0.05, 0.1) is 16.6 Å². The van der Waals surface area contributed by atoms with Gasteiger partial charge in [0.2, 0.25) is 5.91 Å². The van der Waals surface area contributed by atoms with Gasteiger partial charge in [-0.1, -0.05) is 18.5 Å². The molecule has 0 bridgehead atoms. The highest BCUT2D eigenvalue weighted by Gasteiger charge is 2.60. The van der Waals surface area contributed by atoms with Crippen molar-refractivity contribution in [1.29, 1.82) is 0 Å². The zero-order valence-corrected chi connectivity index (χ0v) is 17.8. The van der Waals surface area contributed by atoms with Crippen molar-refractivity contribution < 1.29 is 13.9 Å². The first-order valence-corrected chi connectivity index (χ1v) is 11.0. The lowest BCUT2D eigenvalue weighted by molar-refractivity contribution is -0.121. The Balaban J connectivity index is 1.22. The first-order valence-electron chi connectivity index (χ1n) is 10.7. The van der Waals surface area contributed by atoms with E-state index < -0.39 is 0 Å². The molecule has 0 saturated heterocycles. The van der Waals surface area contributed by atoms with E-state index in [-0.39, 0.29) is 23.7 Å². The number of halogens is 2. The highest BCUT2D eigenvalue weighted by Crippen LogP contribution is 2.62. The molecule has 2 aliphatic carbocycles. The normalized spacial score (nSPS) is 25.1. The lowest BCUT2D eigenvalue weighted by atomic mass is 9.93. The number of ether oxygens (including phenoxy) is 1. The van der Waals surface area contributed by atoms with E-state index in [1.807, 2.05) is 0 Å². The zero-order chi connectivity index (χ0) is 21.5. The maximum atomic E-state index is 13.7. The van der Waals surface area contributed by atoms with Crippen molar-refractivity contribution in [2.75, 3.05) is 5.32 Å². The maximum Gasteiger partial charge on any atom is 0.228 e. The molecule has 1 amide bonds. The fourth-order valence-corrected chi connectivity index (χ4v) is 5.32.